The Bertz CT molecular complexity index is 800. The van der Waals surface area contributed by atoms with Crippen LogP contribution in [0.25, 0.3) is 0 Å². The molecule has 0 saturated carbocycles. The van der Waals surface area contributed by atoms with Crippen LogP contribution < -0.4 is 19.5 Å². The van der Waals surface area contributed by atoms with Gasteiger partial charge in [-0.3, -0.25) is 9.52 Å². The van der Waals surface area contributed by atoms with Gasteiger partial charge in [0.2, 0.25) is 10.0 Å². The molecule has 1 amide bonds. The van der Waals surface area contributed by atoms with E-state index in [1.807, 2.05) is 0 Å². The van der Waals surface area contributed by atoms with E-state index in [0.29, 0.717) is 22.7 Å². The zero-order chi connectivity index (χ0) is 18.3. The van der Waals surface area contributed by atoms with Gasteiger partial charge in [0.05, 0.1) is 20.0 Å². The Balaban J connectivity index is 1.94. The number of anilines is 1. The highest BCUT2D eigenvalue weighted by Gasteiger charge is 2.13. The Morgan fingerprint density at radius 2 is 1.60 bits per heavy atom. The molecule has 8 heteroatoms. The summed E-state index contributed by atoms with van der Waals surface area (Å²) in [4.78, 5) is 12.2. The van der Waals surface area contributed by atoms with Crippen molar-refractivity contribution in [3.63, 3.8) is 0 Å². The number of rotatable bonds is 8. The third-order valence-electron chi connectivity index (χ3n) is 3.32. The van der Waals surface area contributed by atoms with Gasteiger partial charge in [0.25, 0.3) is 5.91 Å². The molecule has 0 bridgehead atoms. The summed E-state index contributed by atoms with van der Waals surface area (Å²) >= 11 is 0. The molecule has 0 atom stereocenters. The second-order valence-electron chi connectivity index (χ2n) is 5.14. The van der Waals surface area contributed by atoms with Crippen LogP contribution in [0.1, 0.15) is 10.4 Å². The maximum absolute atomic E-state index is 12.2. The molecule has 2 aromatic rings. The Morgan fingerprint density at radius 1 is 1.00 bits per heavy atom. The average Bonchev–Trinajstić information content (AvgIpc) is 2.61. The molecule has 0 aromatic heterocycles. The third kappa shape index (κ3) is 5.68. The summed E-state index contributed by atoms with van der Waals surface area (Å²) in [6, 6.07) is 13.3. The summed E-state index contributed by atoms with van der Waals surface area (Å²) in [5.74, 6) is 0.298. The molecule has 0 aliphatic carbocycles. The van der Waals surface area contributed by atoms with Crippen molar-refractivity contribution in [1.82, 2.24) is 5.32 Å². The van der Waals surface area contributed by atoms with Gasteiger partial charge in [-0.25, -0.2) is 8.42 Å². The lowest BCUT2D eigenvalue weighted by atomic mass is 10.2. The van der Waals surface area contributed by atoms with Crippen molar-refractivity contribution in [3.05, 3.63) is 54.1 Å². The number of methoxy groups -OCH3 is 2. The van der Waals surface area contributed by atoms with Gasteiger partial charge in [0.15, 0.2) is 0 Å². The van der Waals surface area contributed by atoms with Crippen molar-refractivity contribution in [2.24, 2.45) is 0 Å². The van der Waals surface area contributed by atoms with Crippen molar-refractivity contribution in [1.29, 1.82) is 0 Å². The van der Waals surface area contributed by atoms with Crippen molar-refractivity contribution in [2.45, 2.75) is 0 Å². The smallest absolute Gasteiger partial charge is 0.251 e. The summed E-state index contributed by atoms with van der Waals surface area (Å²) in [7, 11) is -0.583. The molecular weight excluding hydrogens is 344 g/mol. The lowest BCUT2D eigenvalue weighted by Gasteiger charge is -2.10. The molecule has 134 valence electrons. The number of benzene rings is 2. The van der Waals surface area contributed by atoms with Gasteiger partial charge in [-0.2, -0.15) is 0 Å². The highest BCUT2D eigenvalue weighted by Crippen LogP contribution is 2.22. The van der Waals surface area contributed by atoms with Crippen LogP contribution in [0.4, 0.5) is 5.69 Å². The zero-order valence-corrected chi connectivity index (χ0v) is 14.8. The van der Waals surface area contributed by atoms with Crippen LogP contribution in [0.15, 0.2) is 48.5 Å². The first-order chi connectivity index (χ1) is 11.9. The van der Waals surface area contributed by atoms with Crippen LogP contribution >= 0.6 is 0 Å². The molecule has 0 unspecified atom stereocenters. The number of sulfonamides is 1. The minimum Gasteiger partial charge on any atom is -0.497 e. The van der Waals surface area contributed by atoms with E-state index in [1.54, 1.807) is 48.5 Å². The first-order valence-corrected chi connectivity index (χ1v) is 9.15. The molecule has 2 N–H and O–H groups in total. The second kappa shape index (κ2) is 8.39. The lowest BCUT2D eigenvalue weighted by molar-refractivity contribution is 0.0955. The Morgan fingerprint density at radius 3 is 2.16 bits per heavy atom. The molecule has 0 spiro atoms. The second-order valence-corrected chi connectivity index (χ2v) is 6.99. The number of ether oxygens (including phenoxy) is 2. The predicted molar refractivity (Wildman–Crippen MR) is 95.7 cm³/mol. The largest absolute Gasteiger partial charge is 0.497 e. The topological polar surface area (TPSA) is 93.7 Å². The molecule has 7 nitrogen and oxygen atoms in total. The van der Waals surface area contributed by atoms with Gasteiger partial charge in [-0.05, 0) is 24.3 Å². The van der Waals surface area contributed by atoms with Crippen molar-refractivity contribution in [2.75, 3.05) is 31.2 Å². The Kier molecular flexibility index (Phi) is 6.24. The Hall–Kier alpha value is -2.74. The average molecular weight is 364 g/mol. The van der Waals surface area contributed by atoms with Gasteiger partial charge in [-0.1, -0.05) is 18.2 Å². The Labute approximate surface area is 147 Å². The van der Waals surface area contributed by atoms with Crippen LogP contribution in [0.2, 0.25) is 0 Å². The van der Waals surface area contributed by atoms with E-state index < -0.39 is 15.9 Å². The van der Waals surface area contributed by atoms with E-state index in [-0.39, 0.29) is 12.3 Å². The molecule has 2 rings (SSSR count). The molecule has 0 fully saturated rings. The van der Waals surface area contributed by atoms with Crippen LogP contribution in [0.3, 0.4) is 0 Å². The first kappa shape index (κ1) is 18.6. The highest BCUT2D eigenvalue weighted by molar-refractivity contribution is 7.92. The van der Waals surface area contributed by atoms with Gasteiger partial charge < -0.3 is 14.8 Å². The standard InChI is InChI=1S/C17H20N2O5S/c1-23-15-10-13(11-16(12-15)24-2)17(20)18-8-9-25(21,22)19-14-6-4-3-5-7-14/h3-7,10-12,19H,8-9H2,1-2H3,(H,18,20). The minimum atomic E-state index is -3.55. The van der Waals surface area contributed by atoms with Gasteiger partial charge in [0, 0.05) is 23.9 Å². The predicted octanol–water partition coefficient (Wildman–Crippen LogP) is 1.88. The van der Waals surface area contributed by atoms with E-state index in [1.165, 1.54) is 14.2 Å². The molecule has 0 saturated heterocycles. The van der Waals surface area contributed by atoms with E-state index >= 15 is 0 Å². The first-order valence-electron chi connectivity index (χ1n) is 7.50. The monoisotopic (exact) mass is 364 g/mol. The number of carbonyl (C=O) groups is 1. The van der Waals surface area contributed by atoms with Crippen molar-refractivity contribution >= 4 is 21.6 Å². The fourth-order valence-electron chi connectivity index (χ4n) is 2.08. The molecule has 0 aliphatic heterocycles. The number of hydrogen-bond donors (Lipinski definition) is 2. The maximum atomic E-state index is 12.2. The highest BCUT2D eigenvalue weighted by atomic mass is 32.2. The molecule has 2 aromatic carbocycles. The lowest BCUT2D eigenvalue weighted by Crippen LogP contribution is -2.31. The van der Waals surface area contributed by atoms with E-state index in [2.05, 4.69) is 10.0 Å². The fourth-order valence-corrected chi connectivity index (χ4v) is 3.04. The summed E-state index contributed by atoms with van der Waals surface area (Å²) in [6.45, 7) is -0.0273. The zero-order valence-electron chi connectivity index (χ0n) is 14.0. The van der Waals surface area contributed by atoms with E-state index in [0.717, 1.165) is 0 Å². The number of amides is 1. The number of nitrogens with one attached hydrogen (secondary N) is 2. The van der Waals surface area contributed by atoms with E-state index in [9.17, 15) is 13.2 Å². The normalized spacial score (nSPS) is 10.8. The quantitative estimate of drug-likeness (QED) is 0.746. The molecular formula is C17H20N2O5S. The van der Waals surface area contributed by atoms with Gasteiger partial charge >= 0.3 is 0 Å². The summed E-state index contributed by atoms with van der Waals surface area (Å²) in [5, 5.41) is 2.57. The molecule has 0 radical (unpaired) electrons. The maximum Gasteiger partial charge on any atom is 0.251 e. The summed E-state index contributed by atoms with van der Waals surface area (Å²) in [6.07, 6.45) is 0. The fraction of sp³-hybridized carbons (Fsp3) is 0.235. The van der Waals surface area contributed by atoms with Crippen molar-refractivity contribution < 1.29 is 22.7 Å². The summed E-state index contributed by atoms with van der Waals surface area (Å²) in [5.41, 5.74) is 0.802. The van der Waals surface area contributed by atoms with Crippen LogP contribution in [0.5, 0.6) is 11.5 Å². The number of hydrogen-bond acceptors (Lipinski definition) is 5. The van der Waals surface area contributed by atoms with Crippen LogP contribution in [-0.2, 0) is 10.0 Å². The number of carbonyl (C=O) groups excluding carboxylic acids is 1. The minimum absolute atomic E-state index is 0.0273. The van der Waals surface area contributed by atoms with Gasteiger partial charge in [0.1, 0.15) is 11.5 Å². The summed E-state index contributed by atoms with van der Waals surface area (Å²) < 4.78 is 36.7. The van der Waals surface area contributed by atoms with Crippen LogP contribution in [-0.4, -0.2) is 40.8 Å². The molecule has 0 heterocycles. The van der Waals surface area contributed by atoms with Crippen molar-refractivity contribution in [3.8, 4) is 11.5 Å². The van der Waals surface area contributed by atoms with E-state index in [4.69, 9.17) is 9.47 Å². The molecule has 25 heavy (non-hydrogen) atoms. The number of para-hydroxylation sites is 1. The molecule has 0 aliphatic rings. The third-order valence-corrected chi connectivity index (χ3v) is 4.61. The van der Waals surface area contributed by atoms with Gasteiger partial charge in [-0.15, -0.1) is 0 Å². The van der Waals surface area contributed by atoms with Crippen LogP contribution in [0, 0.1) is 0 Å². The SMILES string of the molecule is COc1cc(OC)cc(C(=O)NCCS(=O)(=O)Nc2ccccc2)c1.